The fraction of sp³-hybridized carbons (Fsp3) is 1.00. The van der Waals surface area contributed by atoms with Crippen LogP contribution in [0.25, 0.3) is 0 Å². The number of hydrogen-bond donors (Lipinski definition) is 0. The van der Waals surface area contributed by atoms with Gasteiger partial charge < -0.3 is 0 Å². The van der Waals surface area contributed by atoms with Crippen molar-refractivity contribution in [1.82, 2.24) is 0 Å². The second kappa shape index (κ2) is 6.84. The van der Waals surface area contributed by atoms with Crippen molar-refractivity contribution in [2.45, 2.75) is 83.1 Å². The van der Waals surface area contributed by atoms with E-state index in [1.807, 2.05) is 0 Å². The van der Waals surface area contributed by atoms with Gasteiger partial charge in [-0.1, -0.05) is 83.1 Å². The van der Waals surface area contributed by atoms with E-state index in [9.17, 15) is 0 Å². The lowest BCUT2D eigenvalue weighted by Crippen LogP contribution is -2.47. The smallest absolute Gasteiger partial charge is 0.0297 e. The van der Waals surface area contributed by atoms with Gasteiger partial charge in [0.1, 0.15) is 0 Å². The van der Waals surface area contributed by atoms with Gasteiger partial charge >= 0.3 is 0 Å². The molecule has 0 amide bonds. The first-order valence-corrected chi connectivity index (χ1v) is 8.77. The molecule has 0 N–H and O–H groups in total. The first-order chi connectivity index (χ1) is 8.77. The molecule has 0 aromatic heterocycles. The fourth-order valence-corrected chi connectivity index (χ4v) is 4.24. The molecular weight excluding hydrogens is 240 g/mol. The zero-order chi connectivity index (χ0) is 16.5. The monoisotopic (exact) mass is 282 g/mol. The first-order valence-electron chi connectivity index (χ1n) is 8.77. The topological polar surface area (TPSA) is 0 Å². The van der Waals surface area contributed by atoms with Gasteiger partial charge in [0.15, 0.2) is 0 Å². The molecule has 0 aromatic rings. The highest BCUT2D eigenvalue weighted by atomic mass is 14.5. The fourth-order valence-electron chi connectivity index (χ4n) is 4.24. The summed E-state index contributed by atoms with van der Waals surface area (Å²) < 4.78 is 0. The molecular formula is C20H42. The van der Waals surface area contributed by atoms with Crippen LogP contribution in [0.5, 0.6) is 0 Å². The van der Waals surface area contributed by atoms with Crippen molar-refractivity contribution in [3.05, 3.63) is 0 Å². The van der Waals surface area contributed by atoms with Crippen LogP contribution in [0.2, 0.25) is 0 Å². The molecule has 0 saturated heterocycles. The molecule has 0 heteroatoms. The van der Waals surface area contributed by atoms with Crippen molar-refractivity contribution in [1.29, 1.82) is 0 Å². The summed E-state index contributed by atoms with van der Waals surface area (Å²) >= 11 is 0. The van der Waals surface area contributed by atoms with Gasteiger partial charge in [0, 0.05) is 0 Å². The van der Waals surface area contributed by atoms with Gasteiger partial charge in [0.05, 0.1) is 0 Å². The Morgan fingerprint density at radius 2 is 0.650 bits per heavy atom. The van der Waals surface area contributed by atoms with Crippen LogP contribution >= 0.6 is 0 Å². The van der Waals surface area contributed by atoms with Crippen molar-refractivity contribution in [3.8, 4) is 0 Å². The Hall–Kier alpha value is 0. The SMILES string of the molecule is CC(C)C(C(C(C)C)C(C)(C)C(C)C)C(C)(C)C(C)C. The molecule has 0 heterocycles. The van der Waals surface area contributed by atoms with Gasteiger partial charge in [0.2, 0.25) is 0 Å². The van der Waals surface area contributed by atoms with Gasteiger partial charge in [-0.3, -0.25) is 0 Å². The van der Waals surface area contributed by atoms with Gasteiger partial charge in [-0.25, -0.2) is 0 Å². The quantitative estimate of drug-likeness (QED) is 0.476. The third-order valence-electron chi connectivity index (χ3n) is 6.52. The van der Waals surface area contributed by atoms with E-state index in [2.05, 4.69) is 83.1 Å². The molecule has 20 heavy (non-hydrogen) atoms. The van der Waals surface area contributed by atoms with E-state index in [0.717, 1.165) is 35.5 Å². The van der Waals surface area contributed by atoms with Crippen LogP contribution in [0.15, 0.2) is 0 Å². The minimum absolute atomic E-state index is 0.384. The summed E-state index contributed by atoms with van der Waals surface area (Å²) in [5, 5.41) is 0. The number of hydrogen-bond acceptors (Lipinski definition) is 0. The average Bonchev–Trinajstić information content (AvgIpc) is 2.23. The Morgan fingerprint density at radius 3 is 0.750 bits per heavy atom. The standard InChI is InChI=1S/C20H42/c1-13(2)17(19(9,10)15(5)6)18(14(3)4)20(11,12)16(7)8/h13-18H,1-12H3. The van der Waals surface area contributed by atoms with E-state index in [1.54, 1.807) is 0 Å². The third kappa shape index (κ3) is 4.01. The maximum Gasteiger partial charge on any atom is -0.0297 e. The third-order valence-corrected chi connectivity index (χ3v) is 6.52. The summed E-state index contributed by atoms with van der Waals surface area (Å²) in [7, 11) is 0. The van der Waals surface area contributed by atoms with E-state index in [4.69, 9.17) is 0 Å². The normalized spacial score (nSPS) is 17.4. The molecule has 0 saturated carbocycles. The van der Waals surface area contributed by atoms with E-state index in [0.29, 0.717) is 10.8 Å². The predicted octanol–water partition coefficient (Wildman–Crippen LogP) is 6.90. The summed E-state index contributed by atoms with van der Waals surface area (Å²) in [5.74, 6) is 4.44. The van der Waals surface area contributed by atoms with Crippen molar-refractivity contribution in [3.63, 3.8) is 0 Å². The lowest BCUT2D eigenvalue weighted by molar-refractivity contribution is -0.0503. The van der Waals surface area contributed by atoms with E-state index >= 15 is 0 Å². The van der Waals surface area contributed by atoms with Crippen LogP contribution in [0.1, 0.15) is 83.1 Å². The second-order valence-electron chi connectivity index (χ2n) is 9.49. The maximum atomic E-state index is 2.49. The molecule has 0 aliphatic rings. The molecule has 0 rings (SSSR count). The average molecular weight is 283 g/mol. The molecule has 0 radical (unpaired) electrons. The van der Waals surface area contributed by atoms with Crippen LogP contribution in [-0.2, 0) is 0 Å². The van der Waals surface area contributed by atoms with Crippen LogP contribution in [0, 0.1) is 46.3 Å². The highest BCUT2D eigenvalue weighted by Gasteiger charge is 2.47. The van der Waals surface area contributed by atoms with Crippen LogP contribution in [0.3, 0.4) is 0 Å². The van der Waals surface area contributed by atoms with E-state index in [1.165, 1.54) is 0 Å². The van der Waals surface area contributed by atoms with Gasteiger partial charge in [0.25, 0.3) is 0 Å². The Kier molecular flexibility index (Phi) is 6.84. The Morgan fingerprint density at radius 1 is 0.450 bits per heavy atom. The van der Waals surface area contributed by atoms with Crippen LogP contribution in [0.4, 0.5) is 0 Å². The van der Waals surface area contributed by atoms with Crippen LogP contribution < -0.4 is 0 Å². The highest BCUT2D eigenvalue weighted by Crippen LogP contribution is 2.53. The predicted molar refractivity (Wildman–Crippen MR) is 93.9 cm³/mol. The zero-order valence-electron chi connectivity index (χ0n) is 16.5. The Bertz CT molecular complexity index is 248. The largest absolute Gasteiger partial charge is 0.0625 e. The summed E-state index contributed by atoms with van der Waals surface area (Å²) in [6.45, 7) is 29.3. The Balaban J connectivity index is 5.85. The number of rotatable bonds is 7. The van der Waals surface area contributed by atoms with Crippen molar-refractivity contribution >= 4 is 0 Å². The molecule has 0 bridgehead atoms. The minimum atomic E-state index is 0.384. The molecule has 0 fully saturated rings. The van der Waals surface area contributed by atoms with Gasteiger partial charge in [-0.15, -0.1) is 0 Å². The van der Waals surface area contributed by atoms with Gasteiger partial charge in [-0.2, -0.15) is 0 Å². The van der Waals surface area contributed by atoms with Gasteiger partial charge in [-0.05, 0) is 46.3 Å². The highest BCUT2D eigenvalue weighted by molar-refractivity contribution is 4.95. The first kappa shape index (κ1) is 20.0. The summed E-state index contributed by atoms with van der Waals surface area (Å²) in [5.41, 5.74) is 0.768. The molecule has 0 aromatic carbocycles. The zero-order valence-corrected chi connectivity index (χ0v) is 16.5. The lowest BCUT2D eigenvalue weighted by Gasteiger charge is -2.53. The second-order valence-corrected chi connectivity index (χ2v) is 9.49. The molecule has 0 nitrogen and oxygen atoms in total. The van der Waals surface area contributed by atoms with E-state index in [-0.39, 0.29) is 0 Å². The lowest BCUT2D eigenvalue weighted by atomic mass is 9.52. The maximum absolute atomic E-state index is 2.49. The summed E-state index contributed by atoms with van der Waals surface area (Å²) in [4.78, 5) is 0. The van der Waals surface area contributed by atoms with Crippen molar-refractivity contribution < 1.29 is 0 Å². The molecule has 122 valence electrons. The van der Waals surface area contributed by atoms with Crippen molar-refractivity contribution in [2.75, 3.05) is 0 Å². The molecule has 2 unspecified atom stereocenters. The summed E-state index contributed by atoms with van der Waals surface area (Å²) in [6.07, 6.45) is 0. The summed E-state index contributed by atoms with van der Waals surface area (Å²) in [6, 6.07) is 0. The molecule has 0 aliphatic carbocycles. The Labute approximate surface area is 130 Å². The molecule has 0 spiro atoms. The van der Waals surface area contributed by atoms with Crippen LogP contribution in [-0.4, -0.2) is 0 Å². The van der Waals surface area contributed by atoms with Crippen molar-refractivity contribution in [2.24, 2.45) is 46.3 Å². The molecule has 2 atom stereocenters. The molecule has 0 aliphatic heterocycles. The van der Waals surface area contributed by atoms with E-state index < -0.39 is 0 Å². The minimum Gasteiger partial charge on any atom is -0.0625 e.